The van der Waals surface area contributed by atoms with E-state index in [9.17, 15) is 14.4 Å². The van der Waals surface area contributed by atoms with Crippen LogP contribution in [0.4, 0.5) is 4.79 Å². The molecular weight excluding hydrogens is 406 g/mol. The predicted octanol–water partition coefficient (Wildman–Crippen LogP) is 3.47. The van der Waals surface area contributed by atoms with Gasteiger partial charge in [-0.05, 0) is 58.4 Å². The molecule has 1 aromatic carbocycles. The Labute approximate surface area is 191 Å². The minimum absolute atomic E-state index is 0.0215. The van der Waals surface area contributed by atoms with Gasteiger partial charge in [0, 0.05) is 39.1 Å². The van der Waals surface area contributed by atoms with Crippen molar-refractivity contribution >= 4 is 17.9 Å². The number of nitrogens with zero attached hydrogens (tertiary/aromatic N) is 3. The number of ether oxygens (including phenoxy) is 1. The van der Waals surface area contributed by atoms with Crippen LogP contribution in [0.1, 0.15) is 58.4 Å². The molecule has 2 aliphatic heterocycles. The lowest BCUT2D eigenvalue weighted by molar-refractivity contribution is -0.143. The van der Waals surface area contributed by atoms with E-state index >= 15 is 0 Å². The van der Waals surface area contributed by atoms with Crippen molar-refractivity contribution < 1.29 is 19.1 Å². The molecule has 1 aromatic rings. The van der Waals surface area contributed by atoms with E-state index in [1.54, 1.807) is 9.80 Å². The fourth-order valence-electron chi connectivity index (χ4n) is 4.36. The summed E-state index contributed by atoms with van der Waals surface area (Å²) in [6.07, 6.45) is 4.31. The van der Waals surface area contributed by atoms with Crippen molar-refractivity contribution in [3.05, 3.63) is 35.9 Å². The molecule has 2 fully saturated rings. The summed E-state index contributed by atoms with van der Waals surface area (Å²) >= 11 is 0. The molecule has 176 valence electrons. The average Bonchev–Trinajstić information content (AvgIpc) is 2.78. The van der Waals surface area contributed by atoms with Crippen molar-refractivity contribution in [2.45, 2.75) is 70.9 Å². The summed E-state index contributed by atoms with van der Waals surface area (Å²) in [5.74, 6) is 0.132. The smallest absolute Gasteiger partial charge is 0.410 e. The number of piperazine rings is 1. The predicted molar refractivity (Wildman–Crippen MR) is 123 cm³/mol. The Bertz CT molecular complexity index is 782. The zero-order valence-corrected chi connectivity index (χ0v) is 19.7. The second kappa shape index (κ2) is 10.8. The van der Waals surface area contributed by atoms with Gasteiger partial charge in [-0.3, -0.25) is 14.5 Å². The Kier molecular flexibility index (Phi) is 8.15. The van der Waals surface area contributed by atoms with Gasteiger partial charge in [0.2, 0.25) is 11.8 Å². The van der Waals surface area contributed by atoms with Crippen molar-refractivity contribution in [2.24, 2.45) is 0 Å². The molecule has 32 heavy (non-hydrogen) atoms. The van der Waals surface area contributed by atoms with Gasteiger partial charge >= 0.3 is 6.09 Å². The van der Waals surface area contributed by atoms with Crippen LogP contribution < -0.4 is 0 Å². The van der Waals surface area contributed by atoms with Crippen LogP contribution in [-0.4, -0.2) is 77.0 Å². The van der Waals surface area contributed by atoms with Crippen LogP contribution in [0.2, 0.25) is 0 Å². The summed E-state index contributed by atoms with van der Waals surface area (Å²) < 4.78 is 5.53. The Morgan fingerprint density at radius 1 is 0.938 bits per heavy atom. The Morgan fingerprint density at radius 3 is 2.25 bits per heavy atom. The van der Waals surface area contributed by atoms with Gasteiger partial charge in [0.15, 0.2) is 0 Å². The van der Waals surface area contributed by atoms with Crippen LogP contribution in [0.15, 0.2) is 30.3 Å². The molecule has 0 aromatic heterocycles. The van der Waals surface area contributed by atoms with Crippen molar-refractivity contribution in [1.82, 2.24) is 14.7 Å². The number of hydrogen-bond donors (Lipinski definition) is 0. The third-order valence-corrected chi connectivity index (χ3v) is 6.06. The molecule has 3 rings (SSSR count). The van der Waals surface area contributed by atoms with Gasteiger partial charge in [0.05, 0.1) is 0 Å². The minimum atomic E-state index is -0.589. The highest BCUT2D eigenvalue weighted by atomic mass is 16.6. The summed E-state index contributed by atoms with van der Waals surface area (Å²) in [7, 11) is 0. The second-order valence-corrected chi connectivity index (χ2v) is 9.73. The Morgan fingerprint density at radius 2 is 1.59 bits per heavy atom. The van der Waals surface area contributed by atoms with E-state index in [2.05, 4.69) is 12.1 Å². The largest absolute Gasteiger partial charge is 0.444 e. The zero-order valence-electron chi connectivity index (χ0n) is 19.7. The number of carbonyl (C=O) groups is 3. The van der Waals surface area contributed by atoms with Gasteiger partial charge in [-0.1, -0.05) is 30.3 Å². The van der Waals surface area contributed by atoms with Gasteiger partial charge in [0.25, 0.3) is 0 Å². The second-order valence-electron chi connectivity index (χ2n) is 9.73. The number of amides is 3. The van der Waals surface area contributed by atoms with Crippen LogP contribution in [0.5, 0.6) is 0 Å². The topological polar surface area (TPSA) is 70.2 Å². The van der Waals surface area contributed by atoms with Crippen molar-refractivity contribution in [2.75, 3.05) is 32.7 Å². The van der Waals surface area contributed by atoms with Gasteiger partial charge in [-0.25, -0.2) is 4.79 Å². The van der Waals surface area contributed by atoms with E-state index in [0.717, 1.165) is 25.7 Å². The fourth-order valence-corrected chi connectivity index (χ4v) is 4.36. The maximum Gasteiger partial charge on any atom is 0.410 e. The van der Waals surface area contributed by atoms with E-state index in [0.29, 0.717) is 45.6 Å². The first-order chi connectivity index (χ1) is 15.2. The molecule has 1 unspecified atom stereocenters. The highest BCUT2D eigenvalue weighted by Crippen LogP contribution is 2.23. The maximum atomic E-state index is 13.2. The average molecular weight is 444 g/mol. The molecule has 2 heterocycles. The van der Waals surface area contributed by atoms with Crippen LogP contribution >= 0.6 is 0 Å². The molecule has 0 spiro atoms. The number of carbonyl (C=O) groups excluding carboxylic acids is 3. The van der Waals surface area contributed by atoms with Crippen LogP contribution in [0, 0.1) is 0 Å². The van der Waals surface area contributed by atoms with E-state index < -0.39 is 17.7 Å². The number of aryl methyl sites for hydroxylation is 1. The van der Waals surface area contributed by atoms with Crippen molar-refractivity contribution in [3.8, 4) is 0 Å². The van der Waals surface area contributed by atoms with E-state index in [1.807, 2.05) is 43.9 Å². The first-order valence-corrected chi connectivity index (χ1v) is 11.8. The number of piperidine rings is 1. The fraction of sp³-hybridized carbons (Fsp3) is 0.640. The monoisotopic (exact) mass is 443 g/mol. The SMILES string of the molecule is CC(C)(C)OC(=O)N1CCCCC1C(=O)N1CCN(C(=O)CCCc2ccccc2)CC1. The molecular formula is C25H37N3O4. The molecule has 3 amide bonds. The third-order valence-electron chi connectivity index (χ3n) is 6.06. The zero-order chi connectivity index (χ0) is 23.1. The van der Waals surface area contributed by atoms with Crippen molar-refractivity contribution in [1.29, 1.82) is 0 Å². The molecule has 0 bridgehead atoms. The first kappa shape index (κ1) is 24.1. The number of benzene rings is 1. The minimum Gasteiger partial charge on any atom is -0.444 e. The summed E-state index contributed by atoms with van der Waals surface area (Å²) in [4.78, 5) is 43.7. The summed E-state index contributed by atoms with van der Waals surface area (Å²) in [6, 6.07) is 9.73. The maximum absolute atomic E-state index is 13.2. The number of likely N-dealkylation sites (tertiary alicyclic amines) is 1. The van der Waals surface area contributed by atoms with E-state index in [1.165, 1.54) is 5.56 Å². The number of hydrogen-bond acceptors (Lipinski definition) is 4. The van der Waals surface area contributed by atoms with Gasteiger partial charge < -0.3 is 14.5 Å². The summed E-state index contributed by atoms with van der Waals surface area (Å²) in [5, 5.41) is 0. The van der Waals surface area contributed by atoms with Gasteiger partial charge in [-0.15, -0.1) is 0 Å². The molecule has 0 radical (unpaired) electrons. The number of rotatable bonds is 5. The molecule has 1 atom stereocenters. The summed E-state index contributed by atoms with van der Waals surface area (Å²) in [5.41, 5.74) is 0.659. The van der Waals surface area contributed by atoms with Gasteiger partial charge in [-0.2, -0.15) is 0 Å². The lowest BCUT2D eigenvalue weighted by Crippen LogP contribution is -2.58. The Hall–Kier alpha value is -2.57. The molecule has 0 N–H and O–H groups in total. The van der Waals surface area contributed by atoms with Gasteiger partial charge in [0.1, 0.15) is 11.6 Å². The van der Waals surface area contributed by atoms with Crippen LogP contribution in [-0.2, 0) is 20.7 Å². The molecule has 0 saturated carbocycles. The van der Waals surface area contributed by atoms with E-state index in [4.69, 9.17) is 4.74 Å². The Balaban J connectivity index is 1.47. The molecule has 0 aliphatic carbocycles. The lowest BCUT2D eigenvalue weighted by atomic mass is 10.0. The normalized spacial score (nSPS) is 19.6. The van der Waals surface area contributed by atoms with E-state index in [-0.39, 0.29) is 11.8 Å². The molecule has 7 heteroatoms. The molecule has 2 saturated heterocycles. The first-order valence-electron chi connectivity index (χ1n) is 11.8. The standard InChI is InChI=1S/C25H37N3O4/c1-25(2,3)32-24(31)28-15-8-7-13-21(28)23(30)27-18-16-26(17-19-27)22(29)14-9-12-20-10-5-4-6-11-20/h4-6,10-11,21H,7-9,12-19H2,1-3H3. The highest BCUT2D eigenvalue weighted by Gasteiger charge is 2.38. The van der Waals surface area contributed by atoms with Crippen molar-refractivity contribution in [3.63, 3.8) is 0 Å². The lowest BCUT2D eigenvalue weighted by Gasteiger charge is -2.41. The van der Waals surface area contributed by atoms with Crippen LogP contribution in [0.25, 0.3) is 0 Å². The molecule has 2 aliphatic rings. The third kappa shape index (κ3) is 6.71. The van der Waals surface area contributed by atoms with Crippen LogP contribution in [0.3, 0.4) is 0 Å². The molecule has 7 nitrogen and oxygen atoms in total. The quantitative estimate of drug-likeness (QED) is 0.699. The summed E-state index contributed by atoms with van der Waals surface area (Å²) in [6.45, 7) is 8.18. The highest BCUT2D eigenvalue weighted by molar-refractivity contribution is 5.86.